The first-order valence-corrected chi connectivity index (χ1v) is 4.75. The standard InChI is InChI=1S/C9H18F2N2/c1-7(2)8-3-13(4-8)6-9(10,11)5-12/h7-8H,3-6,12H2,1-2H3. The lowest BCUT2D eigenvalue weighted by atomic mass is 9.88. The molecule has 1 aliphatic rings. The van der Waals surface area contributed by atoms with Crippen LogP contribution in [0.25, 0.3) is 0 Å². The van der Waals surface area contributed by atoms with Gasteiger partial charge in [-0.25, -0.2) is 8.78 Å². The molecule has 0 bridgehead atoms. The van der Waals surface area contributed by atoms with E-state index in [1.807, 2.05) is 0 Å². The highest BCUT2D eigenvalue weighted by Gasteiger charge is 2.36. The van der Waals surface area contributed by atoms with E-state index in [1.54, 1.807) is 4.90 Å². The Morgan fingerprint density at radius 2 is 2.00 bits per heavy atom. The van der Waals surface area contributed by atoms with Crippen molar-refractivity contribution in [3.05, 3.63) is 0 Å². The van der Waals surface area contributed by atoms with Crippen LogP contribution < -0.4 is 5.73 Å². The Morgan fingerprint density at radius 3 is 2.38 bits per heavy atom. The van der Waals surface area contributed by atoms with E-state index in [-0.39, 0.29) is 6.54 Å². The Bertz CT molecular complexity index is 165. The Kier molecular flexibility index (Phi) is 3.24. The average molecular weight is 192 g/mol. The second-order valence-electron chi connectivity index (χ2n) is 4.26. The average Bonchev–Trinajstić information content (AvgIpc) is 1.95. The first-order chi connectivity index (χ1) is 5.94. The van der Waals surface area contributed by atoms with Crippen LogP contribution in [0.3, 0.4) is 0 Å². The highest BCUT2D eigenvalue weighted by Crippen LogP contribution is 2.26. The van der Waals surface area contributed by atoms with Crippen LogP contribution in [0, 0.1) is 11.8 Å². The van der Waals surface area contributed by atoms with Crippen molar-refractivity contribution in [2.24, 2.45) is 17.6 Å². The molecular formula is C9H18F2N2. The molecule has 0 aromatic carbocycles. The molecule has 78 valence electrons. The van der Waals surface area contributed by atoms with Crippen LogP contribution in [0.4, 0.5) is 8.78 Å². The minimum absolute atomic E-state index is 0.174. The lowest BCUT2D eigenvalue weighted by molar-refractivity contribution is -0.0594. The molecule has 0 aliphatic carbocycles. The summed E-state index contributed by atoms with van der Waals surface area (Å²) in [7, 11) is 0. The molecule has 2 nitrogen and oxygen atoms in total. The molecule has 1 rings (SSSR count). The fourth-order valence-corrected chi connectivity index (χ4v) is 1.55. The Labute approximate surface area is 78.1 Å². The number of alkyl halides is 2. The normalized spacial score (nSPS) is 20.8. The van der Waals surface area contributed by atoms with E-state index < -0.39 is 12.5 Å². The molecule has 1 heterocycles. The second kappa shape index (κ2) is 3.88. The molecule has 0 saturated carbocycles. The zero-order valence-electron chi connectivity index (χ0n) is 8.26. The van der Waals surface area contributed by atoms with Gasteiger partial charge in [0.05, 0.1) is 13.1 Å². The van der Waals surface area contributed by atoms with Gasteiger partial charge in [0, 0.05) is 13.1 Å². The highest BCUT2D eigenvalue weighted by molar-refractivity contribution is 4.85. The Balaban J connectivity index is 2.21. The van der Waals surface area contributed by atoms with Crippen LogP contribution in [0.1, 0.15) is 13.8 Å². The largest absolute Gasteiger partial charge is 0.325 e. The number of rotatable bonds is 4. The molecule has 0 radical (unpaired) electrons. The summed E-state index contributed by atoms with van der Waals surface area (Å²) in [5.74, 6) is -1.52. The predicted molar refractivity (Wildman–Crippen MR) is 48.8 cm³/mol. The van der Waals surface area contributed by atoms with Crippen molar-refractivity contribution in [3.63, 3.8) is 0 Å². The summed E-state index contributed by atoms with van der Waals surface area (Å²) in [5, 5.41) is 0. The maximum Gasteiger partial charge on any atom is 0.272 e. The molecule has 0 atom stereocenters. The monoisotopic (exact) mass is 192 g/mol. The molecule has 1 fully saturated rings. The summed E-state index contributed by atoms with van der Waals surface area (Å²) in [6, 6.07) is 0. The SMILES string of the molecule is CC(C)C1CN(CC(F)(F)CN)C1. The summed E-state index contributed by atoms with van der Waals surface area (Å²) in [6.45, 7) is 5.13. The van der Waals surface area contributed by atoms with Crippen LogP contribution in [-0.2, 0) is 0 Å². The fraction of sp³-hybridized carbons (Fsp3) is 1.00. The van der Waals surface area contributed by atoms with E-state index in [2.05, 4.69) is 13.8 Å². The maximum atomic E-state index is 12.8. The number of hydrogen-bond donors (Lipinski definition) is 1. The molecule has 0 aromatic rings. The van der Waals surface area contributed by atoms with Gasteiger partial charge in [-0.05, 0) is 11.8 Å². The van der Waals surface area contributed by atoms with E-state index in [4.69, 9.17) is 5.73 Å². The smallest absolute Gasteiger partial charge is 0.272 e. The number of likely N-dealkylation sites (tertiary alicyclic amines) is 1. The van der Waals surface area contributed by atoms with Gasteiger partial charge in [-0.15, -0.1) is 0 Å². The van der Waals surface area contributed by atoms with Crippen molar-refractivity contribution in [1.29, 1.82) is 0 Å². The molecule has 0 aromatic heterocycles. The van der Waals surface area contributed by atoms with E-state index in [0.717, 1.165) is 13.1 Å². The summed E-state index contributed by atoms with van der Waals surface area (Å²) in [5.41, 5.74) is 4.95. The van der Waals surface area contributed by atoms with E-state index >= 15 is 0 Å². The number of nitrogens with zero attached hydrogens (tertiary/aromatic N) is 1. The minimum atomic E-state index is -2.71. The zero-order chi connectivity index (χ0) is 10.1. The fourth-order valence-electron chi connectivity index (χ4n) is 1.55. The van der Waals surface area contributed by atoms with Crippen molar-refractivity contribution in [3.8, 4) is 0 Å². The molecule has 2 N–H and O–H groups in total. The lowest BCUT2D eigenvalue weighted by Crippen LogP contribution is -2.54. The zero-order valence-corrected chi connectivity index (χ0v) is 8.26. The molecule has 4 heteroatoms. The summed E-state index contributed by atoms with van der Waals surface area (Å²) >= 11 is 0. The van der Waals surface area contributed by atoms with Gasteiger partial charge in [-0.2, -0.15) is 0 Å². The van der Waals surface area contributed by atoms with E-state index in [1.165, 1.54) is 0 Å². The van der Waals surface area contributed by atoms with Gasteiger partial charge < -0.3 is 5.73 Å². The summed E-state index contributed by atoms with van der Waals surface area (Å²) < 4.78 is 25.6. The quantitative estimate of drug-likeness (QED) is 0.724. The first kappa shape index (κ1) is 10.9. The highest BCUT2D eigenvalue weighted by atomic mass is 19.3. The maximum absolute atomic E-state index is 12.8. The van der Waals surface area contributed by atoms with Crippen molar-refractivity contribution in [2.75, 3.05) is 26.2 Å². The third kappa shape index (κ3) is 2.88. The van der Waals surface area contributed by atoms with Gasteiger partial charge in [0.1, 0.15) is 0 Å². The summed E-state index contributed by atoms with van der Waals surface area (Å²) in [4.78, 5) is 1.78. The van der Waals surface area contributed by atoms with Gasteiger partial charge in [0.15, 0.2) is 0 Å². The van der Waals surface area contributed by atoms with Crippen LogP contribution in [0.2, 0.25) is 0 Å². The molecule has 1 saturated heterocycles. The molecular weight excluding hydrogens is 174 g/mol. The molecule has 0 amide bonds. The van der Waals surface area contributed by atoms with E-state index in [0.29, 0.717) is 11.8 Å². The molecule has 1 aliphatic heterocycles. The van der Waals surface area contributed by atoms with Crippen molar-refractivity contribution in [2.45, 2.75) is 19.8 Å². The van der Waals surface area contributed by atoms with Crippen molar-refractivity contribution in [1.82, 2.24) is 4.90 Å². The van der Waals surface area contributed by atoms with Gasteiger partial charge in [0.25, 0.3) is 5.92 Å². The van der Waals surface area contributed by atoms with Gasteiger partial charge in [-0.3, -0.25) is 4.90 Å². The third-order valence-corrected chi connectivity index (χ3v) is 2.68. The van der Waals surface area contributed by atoms with Gasteiger partial charge in [0.2, 0.25) is 0 Å². The first-order valence-electron chi connectivity index (χ1n) is 4.75. The van der Waals surface area contributed by atoms with Crippen molar-refractivity contribution < 1.29 is 8.78 Å². The second-order valence-corrected chi connectivity index (χ2v) is 4.26. The van der Waals surface area contributed by atoms with Gasteiger partial charge >= 0.3 is 0 Å². The lowest BCUT2D eigenvalue weighted by Gasteiger charge is -2.42. The Hall–Kier alpha value is -0.220. The number of halogens is 2. The van der Waals surface area contributed by atoms with E-state index in [9.17, 15) is 8.78 Å². The Morgan fingerprint density at radius 1 is 1.46 bits per heavy atom. The minimum Gasteiger partial charge on any atom is -0.325 e. The topological polar surface area (TPSA) is 29.3 Å². The van der Waals surface area contributed by atoms with Crippen LogP contribution in [-0.4, -0.2) is 37.0 Å². The van der Waals surface area contributed by atoms with Crippen LogP contribution >= 0.6 is 0 Å². The number of hydrogen-bond acceptors (Lipinski definition) is 2. The third-order valence-electron chi connectivity index (χ3n) is 2.68. The molecule has 0 unspecified atom stereocenters. The van der Waals surface area contributed by atoms with Crippen molar-refractivity contribution >= 4 is 0 Å². The number of nitrogens with two attached hydrogens (primary N) is 1. The van der Waals surface area contributed by atoms with Crippen LogP contribution in [0.5, 0.6) is 0 Å². The van der Waals surface area contributed by atoms with Crippen LogP contribution in [0.15, 0.2) is 0 Å². The molecule has 0 spiro atoms. The summed E-state index contributed by atoms with van der Waals surface area (Å²) in [6.07, 6.45) is 0. The van der Waals surface area contributed by atoms with Gasteiger partial charge in [-0.1, -0.05) is 13.8 Å². The predicted octanol–water partition coefficient (Wildman–Crippen LogP) is 1.17. The molecule has 13 heavy (non-hydrogen) atoms.